The van der Waals surface area contributed by atoms with E-state index in [0.717, 1.165) is 6.07 Å². The van der Waals surface area contributed by atoms with E-state index in [0.29, 0.717) is 0 Å². The number of benzene rings is 1. The van der Waals surface area contributed by atoms with Gasteiger partial charge in [0.1, 0.15) is 6.10 Å². The van der Waals surface area contributed by atoms with Gasteiger partial charge in [-0.15, -0.1) is 0 Å². The average Bonchev–Trinajstić information content (AvgIpc) is 2.35. The maximum Gasteiger partial charge on any atom is 0.315 e. The topological polar surface area (TPSA) is 129 Å². The number of hydrogen-bond donors (Lipinski definition) is 2. The molecule has 8 nitrogen and oxygen atoms in total. The highest BCUT2D eigenvalue weighted by atomic mass is 16.6. The van der Waals surface area contributed by atoms with Crippen LogP contribution in [0.5, 0.6) is 11.5 Å². The van der Waals surface area contributed by atoms with E-state index in [2.05, 4.69) is 0 Å². The molecular formula is C10H11N2O6-. The van der Waals surface area contributed by atoms with Crippen molar-refractivity contribution in [3.8, 4) is 11.5 Å². The highest BCUT2D eigenvalue weighted by molar-refractivity contribution is 5.76. The molecule has 8 heteroatoms. The van der Waals surface area contributed by atoms with E-state index in [-0.39, 0.29) is 17.1 Å². The van der Waals surface area contributed by atoms with Gasteiger partial charge in [-0.05, 0) is 17.5 Å². The second kappa shape index (κ2) is 5.32. The van der Waals surface area contributed by atoms with E-state index in [4.69, 9.17) is 14.9 Å². The van der Waals surface area contributed by atoms with E-state index in [1.54, 1.807) is 0 Å². The van der Waals surface area contributed by atoms with Crippen molar-refractivity contribution in [2.24, 2.45) is 0 Å². The summed E-state index contributed by atoms with van der Waals surface area (Å²) in [6, 6.07) is 2.18. The summed E-state index contributed by atoms with van der Waals surface area (Å²) in [5, 5.41) is 37.8. The molecule has 1 atom stereocenters. The van der Waals surface area contributed by atoms with Gasteiger partial charge >= 0.3 is 5.69 Å². The number of rotatable bonds is 5. The number of methoxy groups -OCH3 is 2. The second-order valence-corrected chi connectivity index (χ2v) is 3.30. The molecule has 0 heterocycles. The minimum atomic E-state index is -1.76. The maximum atomic E-state index is 10.9. The summed E-state index contributed by atoms with van der Waals surface area (Å²) in [5.41, 5.74) is -0.550. The van der Waals surface area contributed by atoms with Crippen molar-refractivity contribution in [3.05, 3.63) is 27.8 Å². The summed E-state index contributed by atoms with van der Waals surface area (Å²) in [6.45, 7) is 0. The van der Waals surface area contributed by atoms with Crippen molar-refractivity contribution in [3.63, 3.8) is 0 Å². The molecular weight excluding hydrogens is 244 g/mol. The van der Waals surface area contributed by atoms with Crippen molar-refractivity contribution in [2.75, 3.05) is 14.2 Å². The van der Waals surface area contributed by atoms with Crippen LogP contribution < -0.4 is 14.6 Å². The minimum absolute atomic E-state index is 0.00185. The highest BCUT2D eigenvalue weighted by Gasteiger charge is 2.23. The molecule has 0 aliphatic rings. The molecule has 1 rings (SSSR count). The van der Waals surface area contributed by atoms with Crippen LogP contribution in [0.2, 0.25) is 0 Å². The first-order valence-corrected chi connectivity index (χ1v) is 4.76. The Bertz CT molecular complexity index is 488. The molecule has 0 amide bonds. The van der Waals surface area contributed by atoms with Crippen LogP contribution in [0.15, 0.2) is 12.1 Å². The third kappa shape index (κ3) is 2.48. The van der Waals surface area contributed by atoms with Gasteiger partial charge in [-0.25, -0.2) is 0 Å². The summed E-state index contributed by atoms with van der Waals surface area (Å²) in [7, 11) is 2.50. The molecule has 2 N–H and O–H groups in total. The minimum Gasteiger partial charge on any atom is -0.860 e. The fourth-order valence-corrected chi connectivity index (χ4v) is 1.41. The van der Waals surface area contributed by atoms with Crippen LogP contribution in [-0.4, -0.2) is 30.1 Å². The second-order valence-electron chi connectivity index (χ2n) is 3.30. The van der Waals surface area contributed by atoms with Crippen molar-refractivity contribution in [2.45, 2.75) is 6.10 Å². The molecule has 0 aliphatic carbocycles. The van der Waals surface area contributed by atoms with E-state index < -0.39 is 22.6 Å². The molecule has 0 radical (unpaired) electrons. The van der Waals surface area contributed by atoms with Crippen LogP contribution in [0, 0.1) is 15.5 Å². The normalized spacial score (nSPS) is 11.7. The van der Waals surface area contributed by atoms with Gasteiger partial charge in [0.15, 0.2) is 5.75 Å². The van der Waals surface area contributed by atoms with Crippen molar-refractivity contribution in [1.29, 1.82) is 5.41 Å². The first-order chi connectivity index (χ1) is 8.42. The highest BCUT2D eigenvalue weighted by Crippen LogP contribution is 2.39. The van der Waals surface area contributed by atoms with Gasteiger partial charge in [0.05, 0.1) is 19.1 Å². The summed E-state index contributed by atoms with van der Waals surface area (Å²) in [4.78, 5) is 10.1. The summed E-state index contributed by atoms with van der Waals surface area (Å²) >= 11 is 0. The van der Waals surface area contributed by atoms with Gasteiger partial charge < -0.3 is 25.1 Å². The van der Waals surface area contributed by atoms with E-state index in [9.17, 15) is 20.3 Å². The van der Waals surface area contributed by atoms with E-state index in [1.807, 2.05) is 0 Å². The fourth-order valence-electron chi connectivity index (χ4n) is 1.41. The Kier molecular flexibility index (Phi) is 4.05. The predicted octanol–water partition coefficient (Wildman–Crippen LogP) is -0.0170. The molecule has 0 fully saturated rings. The van der Waals surface area contributed by atoms with Gasteiger partial charge in [-0.3, -0.25) is 10.1 Å². The van der Waals surface area contributed by atoms with Crippen LogP contribution in [0.25, 0.3) is 0 Å². The van der Waals surface area contributed by atoms with Gasteiger partial charge in [-0.2, -0.15) is 0 Å². The predicted molar refractivity (Wildman–Crippen MR) is 58.9 cm³/mol. The Morgan fingerprint density at radius 2 is 2.06 bits per heavy atom. The number of nitro groups is 1. The van der Waals surface area contributed by atoms with Gasteiger partial charge in [0.25, 0.3) is 0 Å². The lowest BCUT2D eigenvalue weighted by Gasteiger charge is -2.17. The standard InChI is InChI=1S/C10H12N2O6/c1-17-7-4-5(8(13)10(11)14)3-6(12(15)16)9(7)18-2/h3-4,8,13H,1-2H3,(H2,11,14)/p-1. The Hall–Kier alpha value is -2.35. The largest absolute Gasteiger partial charge is 0.860 e. The van der Waals surface area contributed by atoms with E-state index >= 15 is 0 Å². The number of hydrogen-bond acceptors (Lipinski definition) is 7. The molecule has 0 spiro atoms. The molecule has 0 saturated carbocycles. The molecule has 18 heavy (non-hydrogen) atoms. The maximum absolute atomic E-state index is 10.9. The lowest BCUT2D eigenvalue weighted by atomic mass is 10.1. The zero-order chi connectivity index (χ0) is 13.9. The molecule has 0 aromatic heterocycles. The van der Waals surface area contributed by atoms with Gasteiger partial charge in [0.2, 0.25) is 5.75 Å². The molecule has 1 unspecified atom stereocenters. The lowest BCUT2D eigenvalue weighted by molar-refractivity contribution is -0.385. The zero-order valence-electron chi connectivity index (χ0n) is 9.67. The number of aliphatic hydroxyl groups excluding tert-OH is 1. The monoisotopic (exact) mass is 255 g/mol. The van der Waals surface area contributed by atoms with Gasteiger partial charge in [0, 0.05) is 6.07 Å². The fraction of sp³-hybridized carbons (Fsp3) is 0.300. The Morgan fingerprint density at radius 1 is 1.44 bits per heavy atom. The van der Waals surface area contributed by atoms with Crippen molar-refractivity contribution < 1.29 is 24.6 Å². The summed E-state index contributed by atoms with van der Waals surface area (Å²) in [6.07, 6.45) is -1.76. The van der Waals surface area contributed by atoms with Crippen LogP contribution >= 0.6 is 0 Å². The molecule has 1 aromatic carbocycles. The van der Waals surface area contributed by atoms with Crippen molar-refractivity contribution in [1.82, 2.24) is 0 Å². The number of nitrogens with one attached hydrogen (secondary N) is 1. The molecule has 0 saturated heterocycles. The molecule has 98 valence electrons. The van der Waals surface area contributed by atoms with Crippen LogP contribution in [0.1, 0.15) is 11.7 Å². The third-order valence-electron chi connectivity index (χ3n) is 2.24. The summed E-state index contributed by atoms with van der Waals surface area (Å²) in [5.74, 6) is -1.38. The Morgan fingerprint density at radius 3 is 2.44 bits per heavy atom. The SMILES string of the molecule is COc1cc(C(O)C(=N)[O-])cc([N+](=O)[O-])c1OC. The average molecular weight is 255 g/mol. The number of nitro benzene ring substituents is 1. The van der Waals surface area contributed by atoms with Crippen LogP contribution in [0.3, 0.4) is 0 Å². The molecule has 1 aromatic rings. The smallest absolute Gasteiger partial charge is 0.315 e. The third-order valence-corrected chi connectivity index (χ3v) is 2.24. The zero-order valence-corrected chi connectivity index (χ0v) is 9.67. The Balaban J connectivity index is 3.45. The first-order valence-electron chi connectivity index (χ1n) is 4.76. The number of aliphatic hydroxyl groups is 1. The number of nitrogens with zero attached hydrogens (tertiary/aromatic N) is 1. The van der Waals surface area contributed by atoms with Crippen molar-refractivity contribution >= 4 is 11.6 Å². The number of ether oxygens (including phenoxy) is 2. The lowest BCUT2D eigenvalue weighted by Crippen LogP contribution is -2.24. The Labute approximate surface area is 102 Å². The molecule has 0 aliphatic heterocycles. The first kappa shape index (κ1) is 13.7. The van der Waals surface area contributed by atoms with Gasteiger partial charge in [-0.1, -0.05) is 0 Å². The van der Waals surface area contributed by atoms with E-state index in [1.165, 1.54) is 20.3 Å². The van der Waals surface area contributed by atoms with Crippen LogP contribution in [-0.2, 0) is 0 Å². The molecule has 0 bridgehead atoms. The van der Waals surface area contributed by atoms with Crippen LogP contribution in [0.4, 0.5) is 5.69 Å². The summed E-state index contributed by atoms with van der Waals surface area (Å²) < 4.78 is 9.73. The quantitative estimate of drug-likeness (QED) is 0.329.